The average Bonchev–Trinajstić information content (AvgIpc) is 2.80. The minimum Gasteiger partial charge on any atom is -0.489 e. The number of guanidine groups is 1. The molecule has 174 valence electrons. The van der Waals surface area contributed by atoms with E-state index in [0.717, 1.165) is 43.7 Å². The van der Waals surface area contributed by atoms with E-state index in [1.807, 2.05) is 19.9 Å². The van der Waals surface area contributed by atoms with Gasteiger partial charge in [0.1, 0.15) is 17.7 Å². The van der Waals surface area contributed by atoms with Gasteiger partial charge in [0.25, 0.3) is 0 Å². The Labute approximate surface area is 190 Å². The van der Waals surface area contributed by atoms with Crippen LogP contribution in [0.4, 0.5) is 4.39 Å². The maximum Gasteiger partial charge on any atom is 0.191 e. The number of aliphatic imine (C=N–C) groups is 1. The first-order chi connectivity index (χ1) is 15.6. The van der Waals surface area contributed by atoms with E-state index in [4.69, 9.17) is 14.2 Å². The lowest BCUT2D eigenvalue weighted by atomic mass is 10.1. The van der Waals surface area contributed by atoms with Crippen LogP contribution in [0.25, 0.3) is 0 Å². The molecule has 1 atom stereocenters. The van der Waals surface area contributed by atoms with Crippen molar-refractivity contribution in [1.82, 2.24) is 10.6 Å². The predicted molar refractivity (Wildman–Crippen MR) is 124 cm³/mol. The number of benzene rings is 2. The summed E-state index contributed by atoms with van der Waals surface area (Å²) in [6, 6.07) is 14.5. The van der Waals surface area contributed by atoms with E-state index in [0.29, 0.717) is 31.4 Å². The summed E-state index contributed by atoms with van der Waals surface area (Å²) in [6.07, 6.45) is 2.06. The molecule has 1 heterocycles. The van der Waals surface area contributed by atoms with Crippen molar-refractivity contribution < 1.29 is 18.6 Å². The zero-order valence-electron chi connectivity index (χ0n) is 19.0. The number of hydrogen-bond acceptors (Lipinski definition) is 4. The molecule has 2 aromatic carbocycles. The van der Waals surface area contributed by atoms with Crippen molar-refractivity contribution >= 4 is 5.96 Å². The predicted octanol–water partition coefficient (Wildman–Crippen LogP) is 4.04. The zero-order chi connectivity index (χ0) is 22.6. The van der Waals surface area contributed by atoms with Crippen LogP contribution in [0.5, 0.6) is 5.75 Å². The van der Waals surface area contributed by atoms with E-state index in [1.165, 1.54) is 12.1 Å². The molecule has 1 fully saturated rings. The van der Waals surface area contributed by atoms with E-state index < -0.39 is 0 Å². The Bertz CT molecular complexity index is 856. The van der Waals surface area contributed by atoms with Crippen molar-refractivity contribution in [3.63, 3.8) is 0 Å². The molecule has 2 aromatic rings. The first-order valence-corrected chi connectivity index (χ1v) is 11.3. The van der Waals surface area contributed by atoms with Gasteiger partial charge >= 0.3 is 0 Å². The summed E-state index contributed by atoms with van der Waals surface area (Å²) in [4.78, 5) is 4.69. The lowest BCUT2D eigenvalue weighted by Crippen LogP contribution is -2.41. The van der Waals surface area contributed by atoms with Crippen LogP contribution < -0.4 is 15.4 Å². The van der Waals surface area contributed by atoms with Gasteiger partial charge < -0.3 is 24.8 Å². The summed E-state index contributed by atoms with van der Waals surface area (Å²) >= 11 is 0. The quantitative estimate of drug-likeness (QED) is 0.429. The largest absolute Gasteiger partial charge is 0.489 e. The molecule has 1 aliphatic rings. The second-order valence-electron chi connectivity index (χ2n) is 7.90. The number of nitrogens with one attached hydrogen (secondary N) is 2. The van der Waals surface area contributed by atoms with Crippen LogP contribution in [0.1, 0.15) is 37.8 Å². The zero-order valence-corrected chi connectivity index (χ0v) is 19.0. The van der Waals surface area contributed by atoms with Crippen molar-refractivity contribution in [3.8, 4) is 5.75 Å². The van der Waals surface area contributed by atoms with Gasteiger partial charge in [0.2, 0.25) is 0 Å². The molecule has 0 amide bonds. The highest BCUT2D eigenvalue weighted by atomic mass is 19.1. The first kappa shape index (κ1) is 24.0. The van der Waals surface area contributed by atoms with Crippen molar-refractivity contribution in [2.24, 2.45) is 4.99 Å². The van der Waals surface area contributed by atoms with Crippen molar-refractivity contribution in [2.75, 3.05) is 26.3 Å². The maximum atomic E-state index is 13.3. The molecular weight excluding hydrogens is 409 g/mol. The van der Waals surface area contributed by atoms with Gasteiger partial charge in [0, 0.05) is 25.8 Å². The standard InChI is InChI=1S/C25H34FN3O3/c1-3-27-25(28-16-19(2)32-24-9-5-8-22(26)15-24)29-17-20-6-4-7-21(14-20)18-31-23-10-12-30-13-11-23/h4-9,14-15,19,23H,3,10-13,16-18H2,1-2H3,(H2,27,28,29). The minimum absolute atomic E-state index is 0.147. The summed E-state index contributed by atoms with van der Waals surface area (Å²) in [5, 5.41) is 6.54. The van der Waals surface area contributed by atoms with E-state index in [-0.39, 0.29) is 18.0 Å². The fraction of sp³-hybridized carbons (Fsp3) is 0.480. The molecule has 6 nitrogen and oxygen atoms in total. The number of hydrogen-bond donors (Lipinski definition) is 2. The van der Waals surface area contributed by atoms with Crippen LogP contribution in [-0.4, -0.2) is 44.5 Å². The summed E-state index contributed by atoms with van der Waals surface area (Å²) in [5.74, 6) is 0.921. The minimum atomic E-state index is -0.307. The van der Waals surface area contributed by atoms with Gasteiger partial charge in [-0.2, -0.15) is 0 Å². The third-order valence-corrected chi connectivity index (χ3v) is 5.10. The summed E-state index contributed by atoms with van der Waals surface area (Å²) in [5.41, 5.74) is 2.28. The number of rotatable bonds is 10. The van der Waals surface area contributed by atoms with E-state index in [2.05, 4.69) is 33.8 Å². The van der Waals surface area contributed by atoms with Crippen molar-refractivity contribution in [2.45, 2.75) is 52.0 Å². The van der Waals surface area contributed by atoms with Crippen molar-refractivity contribution in [3.05, 3.63) is 65.5 Å². The topological polar surface area (TPSA) is 64.1 Å². The normalized spacial score (nSPS) is 15.9. The van der Waals surface area contributed by atoms with Crippen LogP contribution in [0, 0.1) is 5.82 Å². The van der Waals surface area contributed by atoms with E-state index >= 15 is 0 Å². The van der Waals surface area contributed by atoms with Crippen LogP contribution in [0.2, 0.25) is 0 Å². The lowest BCUT2D eigenvalue weighted by molar-refractivity contribution is -0.0390. The summed E-state index contributed by atoms with van der Waals surface area (Å²) < 4.78 is 30.5. The molecular formula is C25H34FN3O3. The Balaban J connectivity index is 1.49. The van der Waals surface area contributed by atoms with Crippen LogP contribution in [0.15, 0.2) is 53.5 Å². The molecule has 32 heavy (non-hydrogen) atoms. The molecule has 0 saturated carbocycles. The summed E-state index contributed by atoms with van der Waals surface area (Å²) in [6.45, 7) is 7.99. The molecule has 0 aliphatic carbocycles. The Morgan fingerprint density at radius 2 is 1.91 bits per heavy atom. The SMILES string of the molecule is CCNC(=NCc1cccc(COC2CCOCC2)c1)NCC(C)Oc1cccc(F)c1. The monoisotopic (exact) mass is 443 g/mol. The maximum absolute atomic E-state index is 13.3. The molecule has 0 radical (unpaired) electrons. The van der Waals surface area contributed by atoms with Crippen LogP contribution in [0.3, 0.4) is 0 Å². The van der Waals surface area contributed by atoms with Gasteiger partial charge in [0.05, 0.1) is 25.8 Å². The Hall–Kier alpha value is -2.64. The highest BCUT2D eigenvalue weighted by molar-refractivity contribution is 5.79. The van der Waals surface area contributed by atoms with Crippen LogP contribution in [-0.2, 0) is 22.6 Å². The molecule has 2 N–H and O–H groups in total. The fourth-order valence-corrected chi connectivity index (χ4v) is 3.44. The molecule has 0 aromatic heterocycles. The molecule has 1 unspecified atom stereocenters. The second kappa shape index (κ2) is 13.0. The highest BCUT2D eigenvalue weighted by Gasteiger charge is 2.14. The van der Waals surface area contributed by atoms with Gasteiger partial charge in [-0.1, -0.05) is 30.3 Å². The Morgan fingerprint density at radius 3 is 2.69 bits per heavy atom. The molecule has 0 bridgehead atoms. The van der Waals surface area contributed by atoms with Crippen LogP contribution >= 0.6 is 0 Å². The Kier molecular flexibility index (Phi) is 9.78. The smallest absolute Gasteiger partial charge is 0.191 e. The average molecular weight is 444 g/mol. The molecule has 0 spiro atoms. The third kappa shape index (κ3) is 8.48. The van der Waals surface area contributed by atoms with Gasteiger partial charge in [-0.3, -0.25) is 0 Å². The molecule has 1 saturated heterocycles. The fourth-order valence-electron chi connectivity index (χ4n) is 3.44. The molecule has 1 aliphatic heterocycles. The highest BCUT2D eigenvalue weighted by Crippen LogP contribution is 2.15. The van der Waals surface area contributed by atoms with Gasteiger partial charge in [-0.15, -0.1) is 0 Å². The van der Waals surface area contributed by atoms with Gasteiger partial charge in [-0.05, 0) is 49.9 Å². The van der Waals surface area contributed by atoms with Crippen molar-refractivity contribution in [1.29, 1.82) is 0 Å². The number of nitrogens with zero attached hydrogens (tertiary/aromatic N) is 1. The first-order valence-electron chi connectivity index (χ1n) is 11.3. The third-order valence-electron chi connectivity index (χ3n) is 5.10. The molecule has 3 rings (SSSR count). The summed E-state index contributed by atoms with van der Waals surface area (Å²) in [7, 11) is 0. The van der Waals surface area contributed by atoms with E-state index in [9.17, 15) is 4.39 Å². The number of halogens is 1. The van der Waals surface area contributed by atoms with E-state index in [1.54, 1.807) is 12.1 Å². The molecule has 7 heteroatoms. The van der Waals surface area contributed by atoms with Gasteiger partial charge in [-0.25, -0.2) is 9.38 Å². The number of ether oxygens (including phenoxy) is 3. The lowest BCUT2D eigenvalue weighted by Gasteiger charge is -2.22. The Morgan fingerprint density at radius 1 is 1.12 bits per heavy atom. The van der Waals surface area contributed by atoms with Gasteiger partial charge in [0.15, 0.2) is 5.96 Å². The second-order valence-corrected chi connectivity index (χ2v) is 7.90.